The lowest BCUT2D eigenvalue weighted by Gasteiger charge is -2.08. The van der Waals surface area contributed by atoms with E-state index in [0.717, 1.165) is 5.69 Å². The molecule has 0 saturated carbocycles. The van der Waals surface area contributed by atoms with Crippen molar-refractivity contribution in [3.63, 3.8) is 0 Å². The average molecular weight is 201 g/mol. The van der Waals surface area contributed by atoms with Crippen molar-refractivity contribution in [2.24, 2.45) is 5.73 Å². The first-order chi connectivity index (χ1) is 6.09. The lowest BCUT2D eigenvalue weighted by atomic mass is 10.4. The van der Waals surface area contributed by atoms with Crippen LogP contribution in [0.1, 0.15) is 12.6 Å². The highest BCUT2D eigenvalue weighted by Crippen LogP contribution is 2.16. The Balaban J connectivity index is 2.63. The molecule has 1 rings (SSSR count). The van der Waals surface area contributed by atoms with E-state index < -0.39 is 0 Å². The molecule has 0 saturated heterocycles. The third-order valence-corrected chi connectivity index (χ3v) is 1.89. The van der Waals surface area contributed by atoms with Crippen molar-refractivity contribution >= 4 is 11.6 Å². The van der Waals surface area contributed by atoms with Gasteiger partial charge in [0.25, 0.3) is 0 Å². The lowest BCUT2D eigenvalue weighted by molar-refractivity contribution is 0.285. The molecular weight excluding hydrogens is 188 g/mol. The van der Waals surface area contributed by atoms with E-state index in [1.54, 1.807) is 12.1 Å². The smallest absolute Gasteiger partial charge is 0.213 e. The van der Waals surface area contributed by atoms with Gasteiger partial charge in [-0.1, -0.05) is 11.6 Å². The number of nitrogens with zero attached hydrogens (tertiary/aromatic N) is 1. The molecule has 0 spiro atoms. The summed E-state index contributed by atoms with van der Waals surface area (Å²) in [5, 5.41) is 0.646. The molecule has 72 valence electrons. The quantitative estimate of drug-likeness (QED) is 0.809. The molecule has 0 aliphatic rings. The number of pyridine rings is 1. The van der Waals surface area contributed by atoms with Crippen LogP contribution in [0.4, 0.5) is 0 Å². The molecule has 1 heterocycles. The summed E-state index contributed by atoms with van der Waals surface area (Å²) in [4.78, 5) is 4.13. The van der Waals surface area contributed by atoms with Gasteiger partial charge >= 0.3 is 0 Å². The SMILES string of the molecule is Cc1nc(OC[C@H](C)N)ccc1Cl. The number of rotatable bonds is 3. The van der Waals surface area contributed by atoms with E-state index in [2.05, 4.69) is 4.98 Å². The highest BCUT2D eigenvalue weighted by Gasteiger charge is 2.01. The molecule has 0 aromatic carbocycles. The van der Waals surface area contributed by atoms with Crippen molar-refractivity contribution in [2.45, 2.75) is 19.9 Å². The number of nitrogens with two attached hydrogens (primary N) is 1. The van der Waals surface area contributed by atoms with Gasteiger partial charge in [-0.3, -0.25) is 0 Å². The van der Waals surface area contributed by atoms with Crippen molar-refractivity contribution in [1.29, 1.82) is 0 Å². The summed E-state index contributed by atoms with van der Waals surface area (Å²) >= 11 is 5.80. The van der Waals surface area contributed by atoms with Gasteiger partial charge in [0.05, 0.1) is 10.7 Å². The third-order valence-electron chi connectivity index (χ3n) is 1.49. The van der Waals surface area contributed by atoms with Crippen LogP contribution < -0.4 is 10.5 Å². The van der Waals surface area contributed by atoms with Crippen molar-refractivity contribution in [1.82, 2.24) is 4.98 Å². The first-order valence-corrected chi connectivity index (χ1v) is 4.49. The second-order valence-corrected chi connectivity index (χ2v) is 3.41. The van der Waals surface area contributed by atoms with Gasteiger partial charge in [0.2, 0.25) is 5.88 Å². The van der Waals surface area contributed by atoms with Crippen LogP contribution in [0, 0.1) is 6.92 Å². The average Bonchev–Trinajstić information content (AvgIpc) is 2.07. The number of hydrogen-bond donors (Lipinski definition) is 1. The monoisotopic (exact) mass is 200 g/mol. The van der Waals surface area contributed by atoms with Crippen LogP contribution in [0.25, 0.3) is 0 Å². The summed E-state index contributed by atoms with van der Waals surface area (Å²) in [5.41, 5.74) is 6.30. The molecule has 1 aromatic heterocycles. The third kappa shape index (κ3) is 3.20. The maximum Gasteiger partial charge on any atom is 0.213 e. The fourth-order valence-electron chi connectivity index (χ4n) is 0.818. The van der Waals surface area contributed by atoms with E-state index >= 15 is 0 Å². The second-order valence-electron chi connectivity index (χ2n) is 3.01. The van der Waals surface area contributed by atoms with Gasteiger partial charge in [0.15, 0.2) is 0 Å². The molecule has 0 radical (unpaired) electrons. The number of aromatic nitrogens is 1. The summed E-state index contributed by atoms with van der Waals surface area (Å²) in [5.74, 6) is 0.569. The molecule has 1 atom stereocenters. The Morgan fingerprint density at radius 1 is 1.62 bits per heavy atom. The summed E-state index contributed by atoms with van der Waals surface area (Å²) in [7, 11) is 0. The van der Waals surface area contributed by atoms with Crippen LogP contribution in [0.3, 0.4) is 0 Å². The van der Waals surface area contributed by atoms with Gasteiger partial charge in [-0.05, 0) is 19.9 Å². The molecule has 2 N–H and O–H groups in total. The fraction of sp³-hybridized carbons (Fsp3) is 0.444. The van der Waals surface area contributed by atoms with Crippen molar-refractivity contribution in [3.8, 4) is 5.88 Å². The van der Waals surface area contributed by atoms with Gasteiger partial charge in [-0.15, -0.1) is 0 Å². The summed E-state index contributed by atoms with van der Waals surface area (Å²) < 4.78 is 5.31. The van der Waals surface area contributed by atoms with Crippen molar-refractivity contribution in [2.75, 3.05) is 6.61 Å². The molecule has 4 heteroatoms. The van der Waals surface area contributed by atoms with Crippen LogP contribution in [0.15, 0.2) is 12.1 Å². The van der Waals surface area contributed by atoms with Gasteiger partial charge in [-0.25, -0.2) is 4.98 Å². The number of aryl methyl sites for hydroxylation is 1. The van der Waals surface area contributed by atoms with E-state index in [0.29, 0.717) is 17.5 Å². The summed E-state index contributed by atoms with van der Waals surface area (Å²) in [6, 6.07) is 3.51. The minimum atomic E-state index is 0.0118. The molecular formula is C9H13ClN2O. The minimum absolute atomic E-state index is 0.0118. The molecule has 3 nitrogen and oxygen atoms in total. The fourth-order valence-corrected chi connectivity index (χ4v) is 0.923. The molecule has 1 aromatic rings. The van der Waals surface area contributed by atoms with Crippen LogP contribution in [-0.2, 0) is 0 Å². The van der Waals surface area contributed by atoms with E-state index in [-0.39, 0.29) is 6.04 Å². The van der Waals surface area contributed by atoms with Crippen LogP contribution in [0.2, 0.25) is 5.02 Å². The standard InChI is InChI=1S/C9H13ClN2O/c1-6(11)5-13-9-4-3-8(10)7(2)12-9/h3-4,6H,5,11H2,1-2H3/t6-/m0/s1. The van der Waals surface area contributed by atoms with E-state index in [4.69, 9.17) is 22.1 Å². The summed E-state index contributed by atoms with van der Waals surface area (Å²) in [6.45, 7) is 4.18. The minimum Gasteiger partial charge on any atom is -0.476 e. The normalized spacial score (nSPS) is 12.6. The molecule has 0 aliphatic carbocycles. The van der Waals surface area contributed by atoms with E-state index in [1.165, 1.54) is 0 Å². The van der Waals surface area contributed by atoms with Crippen molar-refractivity contribution in [3.05, 3.63) is 22.8 Å². The van der Waals surface area contributed by atoms with E-state index in [9.17, 15) is 0 Å². The Labute approximate surface area is 82.9 Å². The first kappa shape index (κ1) is 10.3. The second kappa shape index (κ2) is 4.44. The lowest BCUT2D eigenvalue weighted by Crippen LogP contribution is -2.23. The molecule has 0 bridgehead atoms. The van der Waals surface area contributed by atoms with Gasteiger partial charge in [-0.2, -0.15) is 0 Å². The maximum absolute atomic E-state index is 5.80. The van der Waals surface area contributed by atoms with Gasteiger partial charge in [0, 0.05) is 12.1 Å². The van der Waals surface area contributed by atoms with E-state index in [1.807, 2.05) is 13.8 Å². The predicted octanol–water partition coefficient (Wildman–Crippen LogP) is 1.77. The zero-order chi connectivity index (χ0) is 9.84. The molecule has 0 unspecified atom stereocenters. The summed E-state index contributed by atoms with van der Waals surface area (Å²) in [6.07, 6.45) is 0. The number of hydrogen-bond acceptors (Lipinski definition) is 3. The molecule has 0 fully saturated rings. The Bertz CT molecular complexity index is 289. The predicted molar refractivity (Wildman–Crippen MR) is 53.1 cm³/mol. The zero-order valence-electron chi connectivity index (χ0n) is 7.75. The first-order valence-electron chi connectivity index (χ1n) is 4.11. The van der Waals surface area contributed by atoms with Crippen LogP contribution in [-0.4, -0.2) is 17.6 Å². The Hall–Kier alpha value is -0.800. The Morgan fingerprint density at radius 3 is 2.85 bits per heavy atom. The highest BCUT2D eigenvalue weighted by atomic mass is 35.5. The van der Waals surface area contributed by atoms with Gasteiger partial charge in [0.1, 0.15) is 6.61 Å². The number of halogens is 1. The number of ether oxygens (including phenoxy) is 1. The van der Waals surface area contributed by atoms with Crippen molar-refractivity contribution < 1.29 is 4.74 Å². The van der Waals surface area contributed by atoms with Crippen LogP contribution >= 0.6 is 11.6 Å². The molecule has 0 amide bonds. The molecule has 0 aliphatic heterocycles. The highest BCUT2D eigenvalue weighted by molar-refractivity contribution is 6.31. The maximum atomic E-state index is 5.80. The van der Waals surface area contributed by atoms with Crippen LogP contribution in [0.5, 0.6) is 5.88 Å². The Kier molecular flexibility index (Phi) is 3.51. The Morgan fingerprint density at radius 2 is 2.31 bits per heavy atom. The largest absolute Gasteiger partial charge is 0.476 e. The molecule has 13 heavy (non-hydrogen) atoms. The zero-order valence-corrected chi connectivity index (χ0v) is 8.51. The van der Waals surface area contributed by atoms with Gasteiger partial charge < -0.3 is 10.5 Å². The topological polar surface area (TPSA) is 48.1 Å².